The number of hydrogen-bond donors (Lipinski definition) is 2. The van der Waals surface area contributed by atoms with Crippen LogP contribution in [0.4, 0.5) is 4.39 Å². The standard InChI is InChI=1S/C19H23FN4O.ClH/c1-12-5-6-17(15(20)11-12)24-16-4-2-3-14(16)18(23-24)19(25)22-13-7-9-21-10-8-13;/h5-6,11,13,21H,2-4,7-10H2,1H3,(H,22,25);1H. The smallest absolute Gasteiger partial charge is 0.272 e. The van der Waals surface area contributed by atoms with E-state index in [0.717, 1.165) is 62.0 Å². The van der Waals surface area contributed by atoms with E-state index in [9.17, 15) is 9.18 Å². The van der Waals surface area contributed by atoms with E-state index in [0.29, 0.717) is 11.4 Å². The van der Waals surface area contributed by atoms with E-state index < -0.39 is 0 Å². The number of fused-ring (bicyclic) bond motifs is 1. The number of nitrogens with one attached hydrogen (secondary N) is 2. The van der Waals surface area contributed by atoms with Gasteiger partial charge in [0.05, 0.1) is 0 Å². The summed E-state index contributed by atoms with van der Waals surface area (Å²) >= 11 is 0. The first-order chi connectivity index (χ1) is 12.1. The van der Waals surface area contributed by atoms with Crippen molar-refractivity contribution in [3.05, 3.63) is 46.5 Å². The van der Waals surface area contributed by atoms with E-state index >= 15 is 0 Å². The van der Waals surface area contributed by atoms with Gasteiger partial charge in [-0.2, -0.15) is 5.10 Å². The molecule has 1 aromatic heterocycles. The molecule has 7 heteroatoms. The maximum absolute atomic E-state index is 14.4. The van der Waals surface area contributed by atoms with Crippen molar-refractivity contribution < 1.29 is 9.18 Å². The van der Waals surface area contributed by atoms with Crippen molar-refractivity contribution in [2.75, 3.05) is 13.1 Å². The lowest BCUT2D eigenvalue weighted by atomic mass is 10.1. The molecule has 4 rings (SSSR count). The van der Waals surface area contributed by atoms with Crippen LogP contribution >= 0.6 is 12.4 Å². The first kappa shape index (κ1) is 18.9. The summed E-state index contributed by atoms with van der Waals surface area (Å²) in [6, 6.07) is 5.31. The molecule has 0 radical (unpaired) electrons. The number of carbonyl (C=O) groups excluding carboxylic acids is 1. The molecule has 1 fully saturated rings. The number of aromatic nitrogens is 2. The fraction of sp³-hybridized carbons (Fsp3) is 0.474. The molecule has 1 aromatic carbocycles. The van der Waals surface area contributed by atoms with Crippen molar-refractivity contribution in [3.8, 4) is 5.69 Å². The summed E-state index contributed by atoms with van der Waals surface area (Å²) in [6.45, 7) is 3.70. The Hall–Kier alpha value is -1.92. The Morgan fingerprint density at radius 3 is 2.81 bits per heavy atom. The summed E-state index contributed by atoms with van der Waals surface area (Å²) in [5.41, 5.74) is 3.70. The average Bonchev–Trinajstić information content (AvgIpc) is 3.18. The number of carbonyl (C=O) groups is 1. The number of rotatable bonds is 3. The molecule has 5 nitrogen and oxygen atoms in total. The highest BCUT2D eigenvalue weighted by Crippen LogP contribution is 2.29. The van der Waals surface area contributed by atoms with Crippen LogP contribution in [-0.2, 0) is 12.8 Å². The number of piperidine rings is 1. The Bertz CT molecular complexity index is 814. The van der Waals surface area contributed by atoms with Gasteiger partial charge in [-0.15, -0.1) is 12.4 Å². The lowest BCUT2D eigenvalue weighted by Crippen LogP contribution is -2.43. The van der Waals surface area contributed by atoms with Gasteiger partial charge in [-0.25, -0.2) is 9.07 Å². The van der Waals surface area contributed by atoms with Crippen molar-refractivity contribution >= 4 is 18.3 Å². The second kappa shape index (κ2) is 7.76. The van der Waals surface area contributed by atoms with Crippen LogP contribution in [0.1, 0.15) is 46.6 Å². The zero-order chi connectivity index (χ0) is 17.4. The number of benzene rings is 1. The number of hydrogen-bond acceptors (Lipinski definition) is 3. The van der Waals surface area contributed by atoms with Crippen LogP contribution in [-0.4, -0.2) is 34.8 Å². The topological polar surface area (TPSA) is 59.0 Å². The predicted molar refractivity (Wildman–Crippen MR) is 101 cm³/mol. The fourth-order valence-electron chi connectivity index (χ4n) is 3.82. The van der Waals surface area contributed by atoms with Crippen molar-refractivity contribution in [1.29, 1.82) is 0 Å². The number of amides is 1. The molecule has 1 saturated heterocycles. The molecule has 0 unspecified atom stereocenters. The van der Waals surface area contributed by atoms with Gasteiger partial charge in [0.2, 0.25) is 0 Å². The van der Waals surface area contributed by atoms with E-state index in [2.05, 4.69) is 15.7 Å². The van der Waals surface area contributed by atoms with Gasteiger partial charge in [0.15, 0.2) is 5.69 Å². The molecular formula is C19H24ClFN4O. The summed E-state index contributed by atoms with van der Waals surface area (Å²) < 4.78 is 16.1. The van der Waals surface area contributed by atoms with Gasteiger partial charge in [-0.3, -0.25) is 4.79 Å². The van der Waals surface area contributed by atoms with Crippen LogP contribution in [0.3, 0.4) is 0 Å². The first-order valence-corrected chi connectivity index (χ1v) is 9.02. The van der Waals surface area contributed by atoms with Gasteiger partial charge in [0.25, 0.3) is 5.91 Å². The second-order valence-corrected chi connectivity index (χ2v) is 6.99. The quantitative estimate of drug-likeness (QED) is 0.863. The van der Waals surface area contributed by atoms with Gasteiger partial charge < -0.3 is 10.6 Å². The third-order valence-corrected chi connectivity index (χ3v) is 5.15. The Morgan fingerprint density at radius 1 is 1.31 bits per heavy atom. The van der Waals surface area contributed by atoms with Gasteiger partial charge >= 0.3 is 0 Å². The highest BCUT2D eigenvalue weighted by molar-refractivity contribution is 5.94. The maximum atomic E-state index is 14.4. The summed E-state index contributed by atoms with van der Waals surface area (Å²) in [4.78, 5) is 12.8. The summed E-state index contributed by atoms with van der Waals surface area (Å²) in [5.74, 6) is -0.432. The zero-order valence-corrected chi connectivity index (χ0v) is 15.7. The molecule has 0 spiro atoms. The average molecular weight is 379 g/mol. The zero-order valence-electron chi connectivity index (χ0n) is 14.8. The van der Waals surface area contributed by atoms with Crippen molar-refractivity contribution in [2.24, 2.45) is 0 Å². The van der Waals surface area contributed by atoms with E-state index in [1.807, 2.05) is 13.0 Å². The van der Waals surface area contributed by atoms with Crippen molar-refractivity contribution in [3.63, 3.8) is 0 Å². The molecule has 2 aliphatic rings. The summed E-state index contributed by atoms with van der Waals surface area (Å²) in [7, 11) is 0. The van der Waals surface area contributed by atoms with Gasteiger partial charge in [-0.1, -0.05) is 6.07 Å². The molecule has 0 atom stereocenters. The molecule has 1 aliphatic carbocycles. The van der Waals surface area contributed by atoms with Crippen LogP contribution in [0.5, 0.6) is 0 Å². The SMILES string of the molecule is Cc1ccc(-n2nc(C(=O)NC3CCNCC3)c3c2CCC3)c(F)c1.Cl. The third kappa shape index (κ3) is 3.48. The van der Waals surface area contributed by atoms with Gasteiger partial charge in [0, 0.05) is 17.3 Å². The Balaban J connectivity index is 0.00000196. The highest BCUT2D eigenvalue weighted by atomic mass is 35.5. The molecule has 26 heavy (non-hydrogen) atoms. The molecule has 140 valence electrons. The molecule has 2 heterocycles. The highest BCUT2D eigenvalue weighted by Gasteiger charge is 2.29. The monoisotopic (exact) mass is 378 g/mol. The predicted octanol–water partition coefficient (Wildman–Crippen LogP) is 2.71. The van der Waals surface area contributed by atoms with Crippen molar-refractivity contribution in [1.82, 2.24) is 20.4 Å². The number of halogens is 2. The summed E-state index contributed by atoms with van der Waals surface area (Å²) in [6.07, 6.45) is 4.50. The molecule has 2 aromatic rings. The van der Waals surface area contributed by atoms with E-state index in [-0.39, 0.29) is 30.2 Å². The molecule has 0 bridgehead atoms. The van der Waals surface area contributed by atoms with Crippen LogP contribution in [0.15, 0.2) is 18.2 Å². The maximum Gasteiger partial charge on any atom is 0.272 e. The minimum Gasteiger partial charge on any atom is -0.348 e. The minimum atomic E-state index is -0.303. The Labute approximate surface area is 158 Å². The lowest BCUT2D eigenvalue weighted by molar-refractivity contribution is 0.0923. The van der Waals surface area contributed by atoms with Crippen LogP contribution in [0, 0.1) is 12.7 Å². The number of aryl methyl sites for hydroxylation is 1. The van der Waals surface area contributed by atoms with Gasteiger partial charge in [0.1, 0.15) is 11.5 Å². The molecular weight excluding hydrogens is 355 g/mol. The normalized spacial score (nSPS) is 16.8. The second-order valence-electron chi connectivity index (χ2n) is 6.99. The fourth-order valence-corrected chi connectivity index (χ4v) is 3.82. The molecule has 1 amide bonds. The first-order valence-electron chi connectivity index (χ1n) is 9.02. The van der Waals surface area contributed by atoms with Crippen LogP contribution in [0.2, 0.25) is 0 Å². The Morgan fingerprint density at radius 2 is 2.08 bits per heavy atom. The largest absolute Gasteiger partial charge is 0.348 e. The minimum absolute atomic E-state index is 0. The molecule has 2 N–H and O–H groups in total. The molecule has 0 saturated carbocycles. The van der Waals surface area contributed by atoms with Gasteiger partial charge in [-0.05, 0) is 69.8 Å². The Kier molecular flexibility index (Phi) is 5.63. The van der Waals surface area contributed by atoms with E-state index in [1.165, 1.54) is 6.07 Å². The van der Waals surface area contributed by atoms with Crippen LogP contribution in [0.25, 0.3) is 5.69 Å². The number of nitrogens with zero attached hydrogens (tertiary/aromatic N) is 2. The molecule has 1 aliphatic heterocycles. The third-order valence-electron chi connectivity index (χ3n) is 5.15. The lowest BCUT2D eigenvalue weighted by Gasteiger charge is -2.23. The van der Waals surface area contributed by atoms with Crippen molar-refractivity contribution in [2.45, 2.75) is 45.1 Å². The van der Waals surface area contributed by atoms with E-state index in [4.69, 9.17) is 0 Å². The van der Waals surface area contributed by atoms with E-state index in [1.54, 1.807) is 10.7 Å². The van der Waals surface area contributed by atoms with Crippen LogP contribution < -0.4 is 10.6 Å². The summed E-state index contributed by atoms with van der Waals surface area (Å²) in [5, 5.41) is 10.9.